The van der Waals surface area contributed by atoms with Gasteiger partial charge >= 0.3 is 5.97 Å². The predicted octanol–water partition coefficient (Wildman–Crippen LogP) is -3.38. The third-order valence-electron chi connectivity index (χ3n) is 6.07. The molecule has 0 aromatic carbocycles. The van der Waals surface area contributed by atoms with E-state index in [1.807, 2.05) is 0 Å². The first kappa shape index (κ1) is 28.4. The summed E-state index contributed by atoms with van der Waals surface area (Å²) >= 11 is 0. The summed E-state index contributed by atoms with van der Waals surface area (Å²) in [6, 6.07) is 0. The van der Waals surface area contributed by atoms with Crippen molar-refractivity contribution in [2.45, 2.75) is 37.3 Å². The zero-order chi connectivity index (χ0) is 24.7. The Morgan fingerprint density at radius 1 is 0.676 bits per heavy atom. The van der Waals surface area contributed by atoms with Gasteiger partial charge in [-0.05, 0) is 6.42 Å². The van der Waals surface area contributed by atoms with E-state index in [2.05, 4.69) is 47.3 Å². The van der Waals surface area contributed by atoms with Crippen LogP contribution in [-0.2, 0) is 19.1 Å². The Hall–Kier alpha value is -1.83. The van der Waals surface area contributed by atoms with E-state index in [4.69, 9.17) is 0 Å². The SMILES string of the molecule is COC(=O)CCCC(=O)NC12CNCCNCC(NC(C)=O)(CNCCNC1)CNCCNC2. The van der Waals surface area contributed by atoms with Gasteiger partial charge in [0.1, 0.15) is 0 Å². The number of hydrogen-bond acceptors (Lipinski definition) is 10. The molecule has 3 heterocycles. The fraction of sp³-hybridized carbons (Fsp3) is 0.864. The van der Waals surface area contributed by atoms with Crippen LogP contribution in [0.1, 0.15) is 26.2 Å². The van der Waals surface area contributed by atoms with Crippen molar-refractivity contribution in [3.8, 4) is 0 Å². The quantitative estimate of drug-likeness (QED) is 0.179. The van der Waals surface area contributed by atoms with Crippen LogP contribution in [0.5, 0.6) is 0 Å². The summed E-state index contributed by atoms with van der Waals surface area (Å²) in [4.78, 5) is 36.1. The number of ether oxygens (including phenoxy) is 1. The lowest BCUT2D eigenvalue weighted by Crippen LogP contribution is -2.68. The second kappa shape index (κ2) is 15.2. The van der Waals surface area contributed by atoms with Crippen molar-refractivity contribution < 1.29 is 19.1 Å². The highest BCUT2D eigenvalue weighted by molar-refractivity contribution is 5.78. The molecule has 0 saturated carbocycles. The molecule has 12 heteroatoms. The maximum absolute atomic E-state index is 12.8. The number of esters is 1. The highest BCUT2D eigenvalue weighted by atomic mass is 16.5. The van der Waals surface area contributed by atoms with Gasteiger partial charge in [-0.3, -0.25) is 14.4 Å². The molecule has 0 aliphatic carbocycles. The van der Waals surface area contributed by atoms with Crippen molar-refractivity contribution in [2.24, 2.45) is 0 Å². The van der Waals surface area contributed by atoms with Crippen LogP contribution in [0.25, 0.3) is 0 Å². The Morgan fingerprint density at radius 3 is 1.41 bits per heavy atom. The molecule has 12 nitrogen and oxygen atoms in total. The van der Waals surface area contributed by atoms with Crippen LogP contribution in [0, 0.1) is 0 Å². The number of amides is 2. The van der Waals surface area contributed by atoms with Gasteiger partial charge in [0, 0.05) is 98.3 Å². The third kappa shape index (κ3) is 10.6. The molecule has 3 rings (SSSR count). The molecule has 0 spiro atoms. The van der Waals surface area contributed by atoms with Crippen molar-refractivity contribution in [1.82, 2.24) is 42.5 Å². The summed E-state index contributed by atoms with van der Waals surface area (Å²) < 4.78 is 4.66. The van der Waals surface area contributed by atoms with Gasteiger partial charge in [-0.25, -0.2) is 0 Å². The lowest BCUT2D eigenvalue weighted by atomic mass is 9.97. The first-order valence-corrected chi connectivity index (χ1v) is 12.3. The van der Waals surface area contributed by atoms with Gasteiger partial charge < -0.3 is 47.3 Å². The second-order valence-corrected chi connectivity index (χ2v) is 9.28. The van der Waals surface area contributed by atoms with Gasteiger partial charge in [0.25, 0.3) is 0 Å². The molecule has 0 atom stereocenters. The largest absolute Gasteiger partial charge is 0.469 e. The van der Waals surface area contributed by atoms with Crippen molar-refractivity contribution in [3.63, 3.8) is 0 Å². The number of carbonyl (C=O) groups is 3. The number of carbonyl (C=O) groups excluding carboxylic acids is 3. The van der Waals surface area contributed by atoms with E-state index in [0.29, 0.717) is 45.7 Å². The maximum atomic E-state index is 12.8. The Balaban J connectivity index is 2.09. The summed E-state index contributed by atoms with van der Waals surface area (Å²) in [7, 11) is 1.35. The number of methoxy groups -OCH3 is 1. The molecule has 196 valence electrons. The lowest BCUT2D eigenvalue weighted by Gasteiger charge is -2.38. The standard InChI is InChI=1S/C22H44N8O4/c1-18(31)29-21-12-23-6-9-26-15-22(16-27-10-7-24-13-21,17-28-11-8-25-14-21)30-19(32)4-3-5-20(33)34-2/h23-28H,3-17H2,1-2H3,(H,29,31)(H,30,32). The first-order valence-electron chi connectivity index (χ1n) is 12.3. The van der Waals surface area contributed by atoms with Gasteiger partial charge in [-0.15, -0.1) is 0 Å². The average Bonchev–Trinajstić information content (AvgIpc) is 2.79. The van der Waals surface area contributed by atoms with E-state index in [-0.39, 0.29) is 30.6 Å². The fourth-order valence-corrected chi connectivity index (χ4v) is 4.36. The van der Waals surface area contributed by atoms with Crippen LogP contribution >= 0.6 is 0 Å². The van der Waals surface area contributed by atoms with Crippen molar-refractivity contribution in [1.29, 1.82) is 0 Å². The van der Waals surface area contributed by atoms with Gasteiger partial charge in [0.05, 0.1) is 18.2 Å². The predicted molar refractivity (Wildman–Crippen MR) is 131 cm³/mol. The lowest BCUT2D eigenvalue weighted by molar-refractivity contribution is -0.140. The summed E-state index contributed by atoms with van der Waals surface area (Å²) in [5.41, 5.74) is -0.946. The van der Waals surface area contributed by atoms with Crippen LogP contribution in [-0.4, -0.2) is 115 Å². The molecule has 0 aromatic heterocycles. The molecule has 2 bridgehead atoms. The normalized spacial score (nSPS) is 27.7. The second-order valence-electron chi connectivity index (χ2n) is 9.28. The molecule has 0 aromatic rings. The molecule has 8 N–H and O–H groups in total. The Bertz CT molecular complexity index is 605. The van der Waals surface area contributed by atoms with Gasteiger partial charge in [-0.1, -0.05) is 0 Å². The molecule has 3 aliphatic rings. The number of hydrogen-bond donors (Lipinski definition) is 8. The average molecular weight is 485 g/mol. The first-order chi connectivity index (χ1) is 16.4. The van der Waals surface area contributed by atoms with E-state index < -0.39 is 11.1 Å². The van der Waals surface area contributed by atoms with E-state index >= 15 is 0 Å². The van der Waals surface area contributed by atoms with Gasteiger partial charge in [-0.2, -0.15) is 0 Å². The molecule has 0 unspecified atom stereocenters. The van der Waals surface area contributed by atoms with Crippen LogP contribution in [0.2, 0.25) is 0 Å². The third-order valence-corrected chi connectivity index (χ3v) is 6.07. The van der Waals surface area contributed by atoms with Crippen molar-refractivity contribution in [3.05, 3.63) is 0 Å². The molecule has 34 heavy (non-hydrogen) atoms. The van der Waals surface area contributed by atoms with Crippen LogP contribution in [0.3, 0.4) is 0 Å². The molecule has 2 amide bonds. The Labute approximate surface area is 202 Å². The zero-order valence-corrected chi connectivity index (χ0v) is 20.7. The molecule has 3 fully saturated rings. The van der Waals surface area contributed by atoms with Crippen LogP contribution < -0.4 is 42.5 Å². The van der Waals surface area contributed by atoms with Gasteiger partial charge in [0.2, 0.25) is 11.8 Å². The molecule has 0 radical (unpaired) electrons. The van der Waals surface area contributed by atoms with E-state index in [9.17, 15) is 14.4 Å². The number of fused-ring (bicyclic) bond motifs is 15. The topological polar surface area (TPSA) is 157 Å². The summed E-state index contributed by atoms with van der Waals surface area (Å²) in [6.45, 7) is 9.58. The van der Waals surface area contributed by atoms with Gasteiger partial charge in [0.15, 0.2) is 0 Å². The van der Waals surface area contributed by atoms with Crippen molar-refractivity contribution >= 4 is 17.8 Å². The highest BCUT2D eigenvalue weighted by Crippen LogP contribution is 2.07. The minimum absolute atomic E-state index is 0.0471. The molecule has 3 saturated heterocycles. The summed E-state index contributed by atoms with van der Waals surface area (Å²) in [5, 5.41) is 27.2. The molecule has 3 aliphatic heterocycles. The minimum Gasteiger partial charge on any atom is -0.469 e. The summed E-state index contributed by atoms with van der Waals surface area (Å²) in [6.07, 6.45) is 0.956. The number of rotatable bonds is 6. The van der Waals surface area contributed by atoms with Crippen LogP contribution in [0.15, 0.2) is 0 Å². The van der Waals surface area contributed by atoms with E-state index in [0.717, 1.165) is 39.3 Å². The Kier molecular flexibility index (Phi) is 12.7. The maximum Gasteiger partial charge on any atom is 0.305 e. The smallest absolute Gasteiger partial charge is 0.305 e. The van der Waals surface area contributed by atoms with Crippen LogP contribution in [0.4, 0.5) is 0 Å². The van der Waals surface area contributed by atoms with Crippen molar-refractivity contribution in [2.75, 3.05) is 85.6 Å². The van der Waals surface area contributed by atoms with E-state index in [1.165, 1.54) is 7.11 Å². The highest BCUT2D eigenvalue weighted by Gasteiger charge is 2.33. The summed E-state index contributed by atoms with van der Waals surface area (Å²) in [5.74, 6) is -0.429. The Morgan fingerprint density at radius 2 is 1.06 bits per heavy atom. The zero-order valence-electron chi connectivity index (χ0n) is 20.7. The molecular weight excluding hydrogens is 440 g/mol. The monoisotopic (exact) mass is 484 g/mol. The fourth-order valence-electron chi connectivity index (χ4n) is 4.36. The van der Waals surface area contributed by atoms with E-state index in [1.54, 1.807) is 6.92 Å². The minimum atomic E-state index is -0.517. The molecular formula is C22H44N8O4. The number of nitrogens with one attached hydrogen (secondary N) is 8.